The van der Waals surface area contributed by atoms with Crippen LogP contribution in [0.25, 0.3) is 0 Å². The molecule has 0 atom stereocenters. The predicted octanol–water partition coefficient (Wildman–Crippen LogP) is 1.53. The zero-order chi connectivity index (χ0) is 14.0. The first-order chi connectivity index (χ1) is 9.04. The number of hydrogen-bond acceptors (Lipinski definition) is 3. The van der Waals surface area contributed by atoms with Gasteiger partial charge < -0.3 is 15.7 Å². The molecule has 3 N–H and O–H groups in total. The second-order valence-corrected chi connectivity index (χ2v) is 4.66. The van der Waals surface area contributed by atoms with Crippen LogP contribution in [-0.2, 0) is 0 Å². The number of hydrogen-bond donors (Lipinski definition) is 2. The number of carbonyl (C=O) groups excluding carboxylic acids is 1. The molecule has 1 aromatic rings. The van der Waals surface area contributed by atoms with E-state index in [4.69, 9.17) is 10.8 Å². The highest BCUT2D eigenvalue weighted by Gasteiger charge is 2.30. The molecule has 0 heterocycles. The molecule has 1 aliphatic rings. The van der Waals surface area contributed by atoms with Gasteiger partial charge in [-0.15, -0.1) is 0 Å². The normalized spacial score (nSPS) is 15.1. The summed E-state index contributed by atoms with van der Waals surface area (Å²) in [6, 6.07) is 1.64. The lowest BCUT2D eigenvalue weighted by Gasteiger charge is -2.37. The van der Waals surface area contributed by atoms with Gasteiger partial charge in [-0.25, -0.2) is 8.78 Å². The van der Waals surface area contributed by atoms with Crippen molar-refractivity contribution in [2.24, 2.45) is 0 Å². The summed E-state index contributed by atoms with van der Waals surface area (Å²) in [6.45, 7) is -0.0548. The van der Waals surface area contributed by atoms with Crippen molar-refractivity contribution >= 4 is 11.6 Å². The smallest absolute Gasteiger partial charge is 0.257 e. The van der Waals surface area contributed by atoms with Crippen LogP contribution in [0.5, 0.6) is 0 Å². The molecule has 1 saturated carbocycles. The number of halogens is 2. The number of rotatable bonds is 4. The Morgan fingerprint density at radius 2 is 2.05 bits per heavy atom. The molecule has 1 amide bonds. The summed E-state index contributed by atoms with van der Waals surface area (Å²) in [5.74, 6) is -2.37. The average molecular weight is 270 g/mol. The summed E-state index contributed by atoms with van der Waals surface area (Å²) in [6.07, 6.45) is 2.68. The number of nitrogen functional groups attached to an aromatic ring is 1. The standard InChI is InChI=1S/C13H16F2N2O2/c14-10-7-11(15)12(16)6-9(10)13(19)17(4-5-18)8-2-1-3-8/h6-8,18H,1-5,16H2. The van der Waals surface area contributed by atoms with Crippen LogP contribution in [-0.4, -0.2) is 35.1 Å². The van der Waals surface area contributed by atoms with E-state index in [1.807, 2.05) is 0 Å². The van der Waals surface area contributed by atoms with E-state index in [0.717, 1.165) is 25.3 Å². The van der Waals surface area contributed by atoms with Crippen LogP contribution in [0, 0.1) is 11.6 Å². The Morgan fingerprint density at radius 1 is 1.37 bits per heavy atom. The third kappa shape index (κ3) is 2.68. The fraction of sp³-hybridized carbons (Fsp3) is 0.462. The second kappa shape index (κ2) is 5.52. The second-order valence-electron chi connectivity index (χ2n) is 4.66. The average Bonchev–Trinajstić information content (AvgIpc) is 2.30. The van der Waals surface area contributed by atoms with Crippen LogP contribution in [0.15, 0.2) is 12.1 Å². The SMILES string of the molecule is Nc1cc(C(=O)N(CCO)C2CCC2)c(F)cc1F. The zero-order valence-corrected chi connectivity index (χ0v) is 10.4. The van der Waals surface area contributed by atoms with Crippen molar-refractivity contribution < 1.29 is 18.7 Å². The van der Waals surface area contributed by atoms with E-state index in [0.29, 0.717) is 6.07 Å². The molecule has 1 aromatic carbocycles. The third-order valence-corrected chi connectivity index (χ3v) is 3.43. The highest BCUT2D eigenvalue weighted by atomic mass is 19.1. The lowest BCUT2D eigenvalue weighted by atomic mass is 9.91. The number of amides is 1. The molecule has 0 radical (unpaired) electrons. The molecule has 0 aromatic heterocycles. The summed E-state index contributed by atoms with van der Waals surface area (Å²) in [5.41, 5.74) is 4.85. The summed E-state index contributed by atoms with van der Waals surface area (Å²) in [4.78, 5) is 13.7. The van der Waals surface area contributed by atoms with Crippen molar-refractivity contribution in [1.29, 1.82) is 0 Å². The van der Waals surface area contributed by atoms with Crippen molar-refractivity contribution in [3.05, 3.63) is 29.3 Å². The molecule has 0 spiro atoms. The van der Waals surface area contributed by atoms with Crippen LogP contribution in [0.4, 0.5) is 14.5 Å². The minimum absolute atomic E-state index is 0.0188. The number of benzene rings is 1. The Hall–Kier alpha value is -1.69. The van der Waals surface area contributed by atoms with Gasteiger partial charge in [0.15, 0.2) is 0 Å². The summed E-state index contributed by atoms with van der Waals surface area (Å²) in [5, 5.41) is 9.00. The highest BCUT2D eigenvalue weighted by molar-refractivity contribution is 5.95. The maximum atomic E-state index is 13.7. The predicted molar refractivity (Wildman–Crippen MR) is 66.5 cm³/mol. The quantitative estimate of drug-likeness (QED) is 0.815. The fourth-order valence-electron chi connectivity index (χ4n) is 2.14. The molecule has 104 valence electrons. The third-order valence-electron chi connectivity index (χ3n) is 3.43. The van der Waals surface area contributed by atoms with E-state index >= 15 is 0 Å². The van der Waals surface area contributed by atoms with Gasteiger partial charge in [-0.3, -0.25) is 4.79 Å². The van der Waals surface area contributed by atoms with Crippen molar-refractivity contribution in [2.45, 2.75) is 25.3 Å². The number of nitrogens with zero attached hydrogens (tertiary/aromatic N) is 1. The van der Waals surface area contributed by atoms with Gasteiger partial charge in [0.25, 0.3) is 5.91 Å². The van der Waals surface area contributed by atoms with E-state index in [2.05, 4.69) is 0 Å². The number of nitrogens with two attached hydrogens (primary N) is 1. The van der Waals surface area contributed by atoms with Gasteiger partial charge in [-0.05, 0) is 25.3 Å². The molecule has 6 heteroatoms. The topological polar surface area (TPSA) is 66.6 Å². The molecule has 0 bridgehead atoms. The zero-order valence-electron chi connectivity index (χ0n) is 10.4. The molecule has 19 heavy (non-hydrogen) atoms. The minimum Gasteiger partial charge on any atom is -0.396 e. The van der Waals surface area contributed by atoms with Gasteiger partial charge in [0.05, 0.1) is 17.9 Å². The molecular weight excluding hydrogens is 254 g/mol. The van der Waals surface area contributed by atoms with Gasteiger partial charge in [0.2, 0.25) is 0 Å². The van der Waals surface area contributed by atoms with E-state index < -0.39 is 17.5 Å². The van der Waals surface area contributed by atoms with Crippen LogP contribution in [0.2, 0.25) is 0 Å². The number of anilines is 1. The Balaban J connectivity index is 2.28. The first-order valence-corrected chi connectivity index (χ1v) is 6.21. The van der Waals surface area contributed by atoms with Gasteiger partial charge in [-0.2, -0.15) is 0 Å². The van der Waals surface area contributed by atoms with Crippen LogP contribution < -0.4 is 5.73 Å². The van der Waals surface area contributed by atoms with E-state index in [9.17, 15) is 13.6 Å². The molecule has 2 rings (SSSR count). The Bertz CT molecular complexity index is 490. The first-order valence-electron chi connectivity index (χ1n) is 6.21. The lowest BCUT2D eigenvalue weighted by Crippen LogP contribution is -2.45. The maximum Gasteiger partial charge on any atom is 0.257 e. The van der Waals surface area contributed by atoms with Crippen molar-refractivity contribution in [1.82, 2.24) is 4.90 Å². The van der Waals surface area contributed by atoms with E-state index in [-0.39, 0.29) is 30.4 Å². The van der Waals surface area contributed by atoms with Gasteiger partial charge in [0.1, 0.15) is 11.6 Å². The lowest BCUT2D eigenvalue weighted by molar-refractivity contribution is 0.0521. The van der Waals surface area contributed by atoms with Crippen LogP contribution in [0.1, 0.15) is 29.6 Å². The molecular formula is C13H16F2N2O2. The van der Waals surface area contributed by atoms with Crippen molar-refractivity contribution in [2.75, 3.05) is 18.9 Å². The molecule has 0 unspecified atom stereocenters. The van der Waals surface area contributed by atoms with Crippen molar-refractivity contribution in [3.63, 3.8) is 0 Å². The van der Waals surface area contributed by atoms with Gasteiger partial charge in [0, 0.05) is 18.7 Å². The molecule has 4 nitrogen and oxygen atoms in total. The Morgan fingerprint density at radius 3 is 2.58 bits per heavy atom. The minimum atomic E-state index is -0.932. The molecule has 0 aliphatic heterocycles. The highest BCUT2D eigenvalue weighted by Crippen LogP contribution is 2.27. The maximum absolute atomic E-state index is 13.7. The van der Waals surface area contributed by atoms with E-state index in [1.165, 1.54) is 4.90 Å². The Labute approximate surface area is 109 Å². The largest absolute Gasteiger partial charge is 0.396 e. The van der Waals surface area contributed by atoms with Crippen LogP contribution in [0.3, 0.4) is 0 Å². The monoisotopic (exact) mass is 270 g/mol. The van der Waals surface area contributed by atoms with Crippen LogP contribution >= 0.6 is 0 Å². The summed E-state index contributed by atoms with van der Waals surface area (Å²) >= 11 is 0. The Kier molecular flexibility index (Phi) is 3.99. The van der Waals surface area contributed by atoms with Crippen molar-refractivity contribution in [3.8, 4) is 0 Å². The van der Waals surface area contributed by atoms with Gasteiger partial charge in [-0.1, -0.05) is 0 Å². The molecule has 1 fully saturated rings. The number of carbonyl (C=O) groups is 1. The number of aliphatic hydroxyl groups is 1. The number of aliphatic hydroxyl groups excluding tert-OH is 1. The fourth-order valence-corrected chi connectivity index (χ4v) is 2.14. The van der Waals surface area contributed by atoms with Gasteiger partial charge >= 0.3 is 0 Å². The molecule has 0 saturated heterocycles. The summed E-state index contributed by atoms with van der Waals surface area (Å²) < 4.78 is 26.7. The molecule has 1 aliphatic carbocycles. The van der Waals surface area contributed by atoms with E-state index in [1.54, 1.807) is 0 Å². The summed E-state index contributed by atoms with van der Waals surface area (Å²) in [7, 11) is 0. The first kappa shape index (κ1) is 13.7.